The highest BCUT2D eigenvalue weighted by Gasteiger charge is 2.13. The third-order valence-electron chi connectivity index (χ3n) is 3.61. The van der Waals surface area contributed by atoms with Gasteiger partial charge in [-0.3, -0.25) is 0 Å². The number of ether oxygens (including phenoxy) is 1. The predicted octanol–water partition coefficient (Wildman–Crippen LogP) is 3.33. The van der Waals surface area contributed by atoms with Crippen molar-refractivity contribution in [2.75, 3.05) is 13.7 Å². The smallest absolute Gasteiger partial charge is 0.335 e. The van der Waals surface area contributed by atoms with Crippen molar-refractivity contribution in [3.63, 3.8) is 0 Å². The number of carboxylic acids is 1. The lowest BCUT2D eigenvalue weighted by molar-refractivity contribution is 0.0697. The second-order valence-corrected chi connectivity index (χ2v) is 5.44. The highest BCUT2D eigenvalue weighted by molar-refractivity contribution is 6.32. The fourth-order valence-electron chi connectivity index (χ4n) is 2.34. The molecule has 0 aliphatic heterocycles. The van der Waals surface area contributed by atoms with Gasteiger partial charge in [0.05, 0.1) is 17.7 Å². The van der Waals surface area contributed by atoms with Crippen molar-refractivity contribution in [3.05, 3.63) is 64.2 Å². The monoisotopic (exact) mass is 319 g/mol. The molecule has 0 bridgehead atoms. The van der Waals surface area contributed by atoms with Crippen molar-refractivity contribution in [3.8, 4) is 5.75 Å². The molecule has 2 aromatic carbocycles. The summed E-state index contributed by atoms with van der Waals surface area (Å²) < 4.78 is 5.15. The van der Waals surface area contributed by atoms with E-state index in [4.69, 9.17) is 27.2 Å². The first kappa shape index (κ1) is 16.3. The molecule has 116 valence electrons. The molecule has 2 rings (SSSR count). The third kappa shape index (κ3) is 3.78. The molecular formula is C17H18ClNO3. The van der Waals surface area contributed by atoms with Gasteiger partial charge in [-0.1, -0.05) is 29.8 Å². The zero-order valence-corrected chi connectivity index (χ0v) is 13.0. The molecule has 3 N–H and O–H groups in total. The Bertz CT molecular complexity index is 655. The van der Waals surface area contributed by atoms with Gasteiger partial charge in [0.15, 0.2) is 0 Å². The number of hydrogen-bond acceptors (Lipinski definition) is 3. The van der Waals surface area contributed by atoms with Crippen LogP contribution >= 0.6 is 11.6 Å². The molecule has 5 heteroatoms. The van der Waals surface area contributed by atoms with Crippen LogP contribution in [0.5, 0.6) is 5.75 Å². The number of halogens is 1. The highest BCUT2D eigenvalue weighted by Crippen LogP contribution is 2.29. The fourth-order valence-corrected chi connectivity index (χ4v) is 2.61. The molecule has 2 aromatic rings. The average molecular weight is 320 g/mol. The Morgan fingerprint density at radius 2 is 1.95 bits per heavy atom. The normalized spacial score (nSPS) is 12.0. The van der Waals surface area contributed by atoms with Crippen LogP contribution in [-0.4, -0.2) is 24.7 Å². The van der Waals surface area contributed by atoms with E-state index in [-0.39, 0.29) is 11.5 Å². The van der Waals surface area contributed by atoms with Crippen LogP contribution in [0.15, 0.2) is 42.5 Å². The Balaban J connectivity index is 2.18. The Hall–Kier alpha value is -2.04. The Labute approximate surface area is 134 Å². The Morgan fingerprint density at radius 1 is 1.27 bits per heavy atom. The lowest BCUT2D eigenvalue weighted by Crippen LogP contribution is -2.15. The summed E-state index contributed by atoms with van der Waals surface area (Å²) in [6.45, 7) is 0.476. The van der Waals surface area contributed by atoms with Gasteiger partial charge in [-0.05, 0) is 48.4 Å². The summed E-state index contributed by atoms with van der Waals surface area (Å²) in [5.74, 6) is -0.185. The van der Waals surface area contributed by atoms with E-state index < -0.39 is 5.97 Å². The van der Waals surface area contributed by atoms with Gasteiger partial charge in [-0.15, -0.1) is 0 Å². The van der Waals surface area contributed by atoms with Gasteiger partial charge >= 0.3 is 5.97 Å². The molecular weight excluding hydrogens is 302 g/mol. The number of rotatable bonds is 6. The molecule has 22 heavy (non-hydrogen) atoms. The topological polar surface area (TPSA) is 72.5 Å². The number of nitrogens with two attached hydrogens (primary N) is 1. The van der Waals surface area contributed by atoms with Gasteiger partial charge in [0.1, 0.15) is 5.75 Å². The SMILES string of the molecule is COc1ccc(C(CN)Cc2ccc(C(=O)O)cc2)cc1Cl. The standard InChI is InChI=1S/C17H18ClNO3/c1-22-16-7-6-13(9-15(16)18)14(10-19)8-11-2-4-12(5-3-11)17(20)21/h2-7,9,14H,8,10,19H2,1H3,(H,20,21). The van der Waals surface area contributed by atoms with Crippen LogP contribution in [0.4, 0.5) is 0 Å². The van der Waals surface area contributed by atoms with Gasteiger partial charge in [-0.25, -0.2) is 4.79 Å². The third-order valence-corrected chi connectivity index (χ3v) is 3.91. The van der Waals surface area contributed by atoms with E-state index >= 15 is 0 Å². The van der Waals surface area contributed by atoms with E-state index in [1.807, 2.05) is 30.3 Å². The maximum Gasteiger partial charge on any atom is 0.335 e. The fraction of sp³-hybridized carbons (Fsp3) is 0.235. The number of methoxy groups -OCH3 is 1. The second-order valence-electron chi connectivity index (χ2n) is 5.03. The molecule has 0 aliphatic carbocycles. The maximum absolute atomic E-state index is 10.9. The molecule has 4 nitrogen and oxygen atoms in total. The Morgan fingerprint density at radius 3 is 2.45 bits per heavy atom. The molecule has 0 heterocycles. The predicted molar refractivity (Wildman–Crippen MR) is 86.9 cm³/mol. The zero-order valence-electron chi connectivity index (χ0n) is 12.3. The van der Waals surface area contributed by atoms with Crippen molar-refractivity contribution in [2.24, 2.45) is 5.73 Å². The van der Waals surface area contributed by atoms with Crippen molar-refractivity contribution in [1.29, 1.82) is 0 Å². The molecule has 0 spiro atoms. The van der Waals surface area contributed by atoms with E-state index in [1.54, 1.807) is 19.2 Å². The minimum Gasteiger partial charge on any atom is -0.495 e. The summed E-state index contributed by atoms with van der Waals surface area (Å²) in [5, 5.41) is 9.47. The Kier molecular flexibility index (Phi) is 5.41. The molecule has 1 unspecified atom stereocenters. The maximum atomic E-state index is 10.9. The van der Waals surface area contributed by atoms with Crippen molar-refractivity contribution < 1.29 is 14.6 Å². The second kappa shape index (κ2) is 7.29. The minimum absolute atomic E-state index is 0.110. The highest BCUT2D eigenvalue weighted by atomic mass is 35.5. The number of hydrogen-bond donors (Lipinski definition) is 2. The summed E-state index contributed by atoms with van der Waals surface area (Å²) in [5.41, 5.74) is 8.23. The van der Waals surface area contributed by atoms with Gasteiger partial charge < -0.3 is 15.6 Å². The number of aromatic carboxylic acids is 1. The van der Waals surface area contributed by atoms with E-state index in [2.05, 4.69) is 0 Å². The van der Waals surface area contributed by atoms with Crippen LogP contribution < -0.4 is 10.5 Å². The van der Waals surface area contributed by atoms with Crippen LogP contribution in [0.3, 0.4) is 0 Å². The lowest BCUT2D eigenvalue weighted by atomic mass is 9.91. The summed E-state index contributed by atoms with van der Waals surface area (Å²) in [6, 6.07) is 12.5. The van der Waals surface area contributed by atoms with Crippen molar-refractivity contribution >= 4 is 17.6 Å². The lowest BCUT2D eigenvalue weighted by Gasteiger charge is -2.16. The van der Waals surface area contributed by atoms with Crippen LogP contribution in [0.2, 0.25) is 5.02 Å². The van der Waals surface area contributed by atoms with Crippen LogP contribution in [-0.2, 0) is 6.42 Å². The number of carboxylic acid groups (broad SMARTS) is 1. The first-order valence-corrected chi connectivity index (χ1v) is 7.28. The first-order chi connectivity index (χ1) is 10.5. The summed E-state index contributed by atoms with van der Waals surface area (Å²) in [4.78, 5) is 10.9. The number of benzene rings is 2. The first-order valence-electron chi connectivity index (χ1n) is 6.91. The molecule has 0 saturated carbocycles. The van der Waals surface area contributed by atoms with E-state index in [0.717, 1.165) is 17.5 Å². The quantitative estimate of drug-likeness (QED) is 0.856. The van der Waals surface area contributed by atoms with Gasteiger partial charge in [0, 0.05) is 5.92 Å². The molecule has 0 fully saturated rings. The minimum atomic E-state index is -0.927. The van der Waals surface area contributed by atoms with Gasteiger partial charge in [-0.2, -0.15) is 0 Å². The van der Waals surface area contributed by atoms with E-state index in [0.29, 0.717) is 17.3 Å². The molecule has 0 saturated heterocycles. The van der Waals surface area contributed by atoms with E-state index in [1.165, 1.54) is 0 Å². The molecule has 0 aromatic heterocycles. The van der Waals surface area contributed by atoms with Crippen LogP contribution in [0, 0.1) is 0 Å². The van der Waals surface area contributed by atoms with Crippen LogP contribution in [0.25, 0.3) is 0 Å². The summed E-state index contributed by atoms with van der Waals surface area (Å²) >= 11 is 6.16. The molecule has 0 radical (unpaired) electrons. The largest absolute Gasteiger partial charge is 0.495 e. The molecule has 1 atom stereocenters. The van der Waals surface area contributed by atoms with Crippen LogP contribution in [0.1, 0.15) is 27.4 Å². The zero-order chi connectivity index (χ0) is 16.1. The van der Waals surface area contributed by atoms with Crippen molar-refractivity contribution in [1.82, 2.24) is 0 Å². The van der Waals surface area contributed by atoms with Gasteiger partial charge in [0.25, 0.3) is 0 Å². The van der Waals surface area contributed by atoms with Gasteiger partial charge in [0.2, 0.25) is 0 Å². The summed E-state index contributed by atoms with van der Waals surface area (Å²) in [7, 11) is 1.57. The average Bonchev–Trinajstić information content (AvgIpc) is 2.53. The summed E-state index contributed by atoms with van der Waals surface area (Å²) in [6.07, 6.45) is 0.721. The number of carbonyl (C=O) groups is 1. The van der Waals surface area contributed by atoms with Crippen molar-refractivity contribution in [2.45, 2.75) is 12.3 Å². The molecule has 0 aliphatic rings. The molecule has 0 amide bonds. The van der Waals surface area contributed by atoms with E-state index in [9.17, 15) is 4.79 Å².